The molecule has 1 fully saturated rings. The summed E-state index contributed by atoms with van der Waals surface area (Å²) in [5, 5.41) is 0. The molecule has 0 saturated carbocycles. The van der Waals surface area contributed by atoms with E-state index in [0.717, 1.165) is 17.1 Å². The number of thiophene rings is 1. The second-order valence-electron chi connectivity index (χ2n) is 5.66. The Morgan fingerprint density at radius 1 is 1.16 bits per heavy atom. The molecule has 9 heteroatoms. The van der Waals surface area contributed by atoms with Gasteiger partial charge in [-0.3, -0.25) is 4.79 Å². The van der Waals surface area contributed by atoms with Crippen LogP contribution in [0.4, 0.5) is 19.0 Å². The first-order valence-electron chi connectivity index (χ1n) is 7.63. The number of nitrogens with zero attached hydrogens (tertiary/aromatic N) is 3. The van der Waals surface area contributed by atoms with E-state index < -0.39 is 11.7 Å². The maximum atomic E-state index is 12.6. The van der Waals surface area contributed by atoms with Gasteiger partial charge in [-0.25, -0.2) is 4.98 Å². The average Bonchev–Trinajstić information content (AvgIpc) is 2.88. The smallest absolute Gasteiger partial charge is 0.354 e. The Hall–Kier alpha value is -1.80. The zero-order valence-electron chi connectivity index (χ0n) is 13.1. The number of rotatable bonds is 3. The van der Waals surface area contributed by atoms with Crippen LogP contribution in [0.2, 0.25) is 4.34 Å². The highest BCUT2D eigenvalue weighted by molar-refractivity contribution is 7.16. The molecule has 3 rings (SSSR count). The zero-order chi connectivity index (χ0) is 18.0. The molecule has 0 atom stereocenters. The maximum absolute atomic E-state index is 12.6. The summed E-state index contributed by atoms with van der Waals surface area (Å²) in [5.74, 6) is 0.459. The highest BCUT2D eigenvalue weighted by Gasteiger charge is 2.31. The molecule has 0 unspecified atom stereocenters. The van der Waals surface area contributed by atoms with Gasteiger partial charge in [0.25, 0.3) is 0 Å². The SMILES string of the molecule is O=C1CCN(c2ccc(C(F)(F)F)cn2)CCN1Cc1ccc(Cl)s1. The van der Waals surface area contributed by atoms with Gasteiger partial charge in [-0.05, 0) is 24.3 Å². The van der Waals surface area contributed by atoms with Gasteiger partial charge in [0.1, 0.15) is 5.82 Å². The number of hydrogen-bond donors (Lipinski definition) is 0. The third kappa shape index (κ3) is 4.43. The summed E-state index contributed by atoms with van der Waals surface area (Å²) in [6.07, 6.45) is -3.28. The Bertz CT molecular complexity index is 748. The fourth-order valence-corrected chi connectivity index (χ4v) is 3.73. The van der Waals surface area contributed by atoms with E-state index in [1.165, 1.54) is 17.4 Å². The van der Waals surface area contributed by atoms with Crippen molar-refractivity contribution in [1.82, 2.24) is 9.88 Å². The van der Waals surface area contributed by atoms with E-state index in [4.69, 9.17) is 11.6 Å². The predicted octanol–water partition coefficient (Wildman–Crippen LogP) is 4.05. The van der Waals surface area contributed by atoms with Gasteiger partial charge in [0.2, 0.25) is 5.91 Å². The van der Waals surface area contributed by atoms with Crippen molar-refractivity contribution >= 4 is 34.7 Å². The predicted molar refractivity (Wildman–Crippen MR) is 90.8 cm³/mol. The summed E-state index contributed by atoms with van der Waals surface area (Å²) in [7, 11) is 0. The molecule has 3 heterocycles. The fraction of sp³-hybridized carbons (Fsp3) is 0.375. The lowest BCUT2D eigenvalue weighted by Crippen LogP contribution is -2.32. The molecular formula is C16H15ClF3N3OS. The van der Waals surface area contributed by atoms with E-state index in [1.807, 2.05) is 11.0 Å². The van der Waals surface area contributed by atoms with Crippen molar-refractivity contribution in [3.05, 3.63) is 45.2 Å². The van der Waals surface area contributed by atoms with Gasteiger partial charge in [-0.15, -0.1) is 11.3 Å². The summed E-state index contributed by atoms with van der Waals surface area (Å²) >= 11 is 7.34. The third-order valence-electron chi connectivity index (χ3n) is 3.96. The van der Waals surface area contributed by atoms with Crippen LogP contribution in [0.5, 0.6) is 0 Å². The van der Waals surface area contributed by atoms with Crippen LogP contribution in [0.3, 0.4) is 0 Å². The number of carbonyl (C=O) groups excluding carboxylic acids is 1. The van der Waals surface area contributed by atoms with Gasteiger partial charge in [0, 0.05) is 37.1 Å². The first kappa shape index (κ1) is 18.0. The highest BCUT2D eigenvalue weighted by Crippen LogP contribution is 2.29. The van der Waals surface area contributed by atoms with Crippen molar-refractivity contribution in [2.45, 2.75) is 19.1 Å². The quantitative estimate of drug-likeness (QED) is 0.794. The molecule has 1 aliphatic heterocycles. The Morgan fingerprint density at radius 3 is 2.56 bits per heavy atom. The first-order valence-corrected chi connectivity index (χ1v) is 8.82. The Balaban J connectivity index is 1.67. The number of alkyl halides is 3. The van der Waals surface area contributed by atoms with Crippen LogP contribution in [0.1, 0.15) is 16.9 Å². The lowest BCUT2D eigenvalue weighted by Gasteiger charge is -2.22. The molecule has 0 aliphatic carbocycles. The van der Waals surface area contributed by atoms with E-state index in [-0.39, 0.29) is 5.91 Å². The van der Waals surface area contributed by atoms with Crippen LogP contribution in [0.15, 0.2) is 30.5 Å². The average molecular weight is 390 g/mol. The van der Waals surface area contributed by atoms with Gasteiger partial charge in [0.15, 0.2) is 0 Å². The van der Waals surface area contributed by atoms with Crippen LogP contribution in [-0.4, -0.2) is 35.4 Å². The molecule has 1 aliphatic rings. The van der Waals surface area contributed by atoms with Crippen molar-refractivity contribution in [3.8, 4) is 0 Å². The van der Waals surface area contributed by atoms with Gasteiger partial charge < -0.3 is 9.80 Å². The minimum atomic E-state index is -4.40. The van der Waals surface area contributed by atoms with Gasteiger partial charge in [-0.1, -0.05) is 11.6 Å². The van der Waals surface area contributed by atoms with E-state index >= 15 is 0 Å². The number of hydrogen-bond acceptors (Lipinski definition) is 4. The monoisotopic (exact) mass is 389 g/mol. The standard InChI is InChI=1S/C16H15ClF3N3OS/c17-13-3-2-12(25-13)10-23-8-7-22(6-5-15(23)24)14-4-1-11(9-21-14)16(18,19)20/h1-4,9H,5-8,10H2. The minimum absolute atomic E-state index is 0.0129. The van der Waals surface area contributed by atoms with Gasteiger partial charge in [0.05, 0.1) is 16.4 Å². The molecule has 134 valence electrons. The number of amides is 1. The Labute approximate surface area is 151 Å². The number of aromatic nitrogens is 1. The number of halogens is 4. The summed E-state index contributed by atoms with van der Waals surface area (Å²) < 4.78 is 38.5. The molecule has 0 N–H and O–H groups in total. The van der Waals surface area contributed by atoms with Crippen molar-refractivity contribution in [2.75, 3.05) is 24.5 Å². The Morgan fingerprint density at radius 2 is 1.96 bits per heavy atom. The van der Waals surface area contributed by atoms with Crippen molar-refractivity contribution in [2.24, 2.45) is 0 Å². The molecular weight excluding hydrogens is 375 g/mol. The lowest BCUT2D eigenvalue weighted by molar-refractivity contribution is -0.137. The molecule has 4 nitrogen and oxygen atoms in total. The molecule has 1 saturated heterocycles. The molecule has 1 amide bonds. The fourth-order valence-electron chi connectivity index (χ4n) is 2.63. The van der Waals surface area contributed by atoms with Crippen LogP contribution >= 0.6 is 22.9 Å². The van der Waals surface area contributed by atoms with E-state index in [0.29, 0.717) is 42.8 Å². The molecule has 2 aromatic heterocycles. The molecule has 0 spiro atoms. The van der Waals surface area contributed by atoms with E-state index in [9.17, 15) is 18.0 Å². The molecule has 0 aromatic carbocycles. The highest BCUT2D eigenvalue weighted by atomic mass is 35.5. The zero-order valence-corrected chi connectivity index (χ0v) is 14.7. The van der Waals surface area contributed by atoms with Crippen molar-refractivity contribution in [3.63, 3.8) is 0 Å². The van der Waals surface area contributed by atoms with Crippen LogP contribution < -0.4 is 4.90 Å². The molecule has 2 aromatic rings. The van der Waals surface area contributed by atoms with Gasteiger partial charge in [-0.2, -0.15) is 13.2 Å². The number of carbonyl (C=O) groups is 1. The largest absolute Gasteiger partial charge is 0.417 e. The summed E-state index contributed by atoms with van der Waals surface area (Å²) in [4.78, 5) is 20.8. The summed E-state index contributed by atoms with van der Waals surface area (Å²) in [6.45, 7) is 1.92. The van der Waals surface area contributed by atoms with Gasteiger partial charge >= 0.3 is 6.18 Å². The normalized spacial score (nSPS) is 16.2. The summed E-state index contributed by atoms with van der Waals surface area (Å²) in [5.41, 5.74) is -0.779. The van der Waals surface area contributed by atoms with Crippen molar-refractivity contribution in [1.29, 1.82) is 0 Å². The lowest BCUT2D eigenvalue weighted by atomic mass is 10.2. The first-order chi connectivity index (χ1) is 11.8. The van der Waals surface area contributed by atoms with Crippen LogP contribution in [0, 0.1) is 0 Å². The topological polar surface area (TPSA) is 36.4 Å². The second kappa shape index (κ2) is 7.21. The van der Waals surface area contributed by atoms with Crippen LogP contribution in [0.25, 0.3) is 0 Å². The molecule has 25 heavy (non-hydrogen) atoms. The summed E-state index contributed by atoms with van der Waals surface area (Å²) in [6, 6.07) is 6.05. The van der Waals surface area contributed by atoms with E-state index in [2.05, 4.69) is 4.98 Å². The number of pyridine rings is 1. The van der Waals surface area contributed by atoms with Crippen LogP contribution in [-0.2, 0) is 17.5 Å². The van der Waals surface area contributed by atoms with E-state index in [1.54, 1.807) is 11.0 Å². The molecule has 0 radical (unpaired) electrons. The Kier molecular flexibility index (Phi) is 5.19. The minimum Gasteiger partial charge on any atom is -0.354 e. The molecule has 0 bridgehead atoms. The number of anilines is 1. The maximum Gasteiger partial charge on any atom is 0.417 e. The third-order valence-corrected chi connectivity index (χ3v) is 5.18. The van der Waals surface area contributed by atoms with Crippen molar-refractivity contribution < 1.29 is 18.0 Å². The second-order valence-corrected chi connectivity index (χ2v) is 7.46.